The van der Waals surface area contributed by atoms with E-state index in [0.29, 0.717) is 25.3 Å². The van der Waals surface area contributed by atoms with Crippen LogP contribution >= 0.6 is 0 Å². The molecule has 1 atom stereocenters. The molecule has 0 bridgehead atoms. The summed E-state index contributed by atoms with van der Waals surface area (Å²) in [4.78, 5) is 11.6. The molecule has 0 fully saturated rings. The number of aliphatic hydroxyl groups is 1. The summed E-state index contributed by atoms with van der Waals surface area (Å²) in [6, 6.07) is 12.5. The minimum absolute atomic E-state index is 0.0435. The molecule has 4 nitrogen and oxygen atoms in total. The average Bonchev–Trinajstić information content (AvgIpc) is 2.49. The van der Waals surface area contributed by atoms with E-state index in [-0.39, 0.29) is 5.56 Å². The quantitative estimate of drug-likeness (QED) is 0.879. The van der Waals surface area contributed by atoms with Gasteiger partial charge in [0.1, 0.15) is 12.4 Å². The number of benzene rings is 1. The van der Waals surface area contributed by atoms with Gasteiger partial charge in [-0.1, -0.05) is 31.2 Å². The number of ether oxygens (including phenoxy) is 1. The summed E-state index contributed by atoms with van der Waals surface area (Å²) in [5.41, 5.74) is 0.744. The molecule has 2 rings (SSSR count). The molecule has 1 N–H and O–H groups in total. The second-order valence-electron chi connectivity index (χ2n) is 4.54. The molecule has 0 aliphatic heterocycles. The monoisotopic (exact) mass is 273 g/mol. The van der Waals surface area contributed by atoms with Crippen LogP contribution in [-0.4, -0.2) is 16.3 Å². The van der Waals surface area contributed by atoms with E-state index in [1.54, 1.807) is 16.8 Å². The van der Waals surface area contributed by atoms with Crippen LogP contribution in [0.2, 0.25) is 0 Å². The van der Waals surface area contributed by atoms with Crippen molar-refractivity contribution < 1.29 is 9.84 Å². The summed E-state index contributed by atoms with van der Waals surface area (Å²) in [7, 11) is 0. The van der Waals surface area contributed by atoms with Gasteiger partial charge in [0.15, 0.2) is 0 Å². The first kappa shape index (κ1) is 14.3. The minimum atomic E-state index is -0.523. The molecule has 0 aliphatic rings. The highest BCUT2D eigenvalue weighted by molar-refractivity contribution is 5.34. The van der Waals surface area contributed by atoms with Gasteiger partial charge >= 0.3 is 0 Å². The third-order valence-electron chi connectivity index (χ3n) is 3.15. The van der Waals surface area contributed by atoms with Crippen LogP contribution in [0.15, 0.2) is 53.5 Å². The lowest BCUT2D eigenvalue weighted by molar-refractivity contribution is 0.166. The van der Waals surface area contributed by atoms with Crippen molar-refractivity contribution in [1.29, 1.82) is 0 Å². The van der Waals surface area contributed by atoms with Gasteiger partial charge in [-0.05, 0) is 18.6 Å². The number of para-hydroxylation sites is 1. The van der Waals surface area contributed by atoms with Crippen molar-refractivity contribution in [3.05, 3.63) is 64.6 Å². The number of hydrogen-bond acceptors (Lipinski definition) is 3. The highest BCUT2D eigenvalue weighted by Gasteiger charge is 2.10. The number of nitrogens with zero attached hydrogens (tertiary/aromatic N) is 1. The van der Waals surface area contributed by atoms with E-state index in [1.165, 1.54) is 6.07 Å². The number of aromatic nitrogens is 1. The van der Waals surface area contributed by atoms with Crippen molar-refractivity contribution in [2.75, 3.05) is 6.61 Å². The Morgan fingerprint density at radius 1 is 1.20 bits per heavy atom. The SMILES string of the molecule is CC[C@@H](O)c1ccccc1OCCn1ccccc1=O. The van der Waals surface area contributed by atoms with Gasteiger partial charge in [-0.25, -0.2) is 0 Å². The molecular formula is C16H19NO3. The molecule has 0 amide bonds. The molecular weight excluding hydrogens is 254 g/mol. The third-order valence-corrected chi connectivity index (χ3v) is 3.15. The maximum atomic E-state index is 11.6. The Balaban J connectivity index is 2.01. The summed E-state index contributed by atoms with van der Waals surface area (Å²) < 4.78 is 7.30. The number of hydrogen-bond donors (Lipinski definition) is 1. The van der Waals surface area contributed by atoms with Gasteiger partial charge in [0.2, 0.25) is 0 Å². The van der Waals surface area contributed by atoms with E-state index in [4.69, 9.17) is 4.74 Å². The maximum Gasteiger partial charge on any atom is 0.250 e. The van der Waals surface area contributed by atoms with Gasteiger partial charge < -0.3 is 14.4 Å². The van der Waals surface area contributed by atoms with Crippen LogP contribution in [0.25, 0.3) is 0 Å². The van der Waals surface area contributed by atoms with E-state index < -0.39 is 6.10 Å². The van der Waals surface area contributed by atoms with E-state index >= 15 is 0 Å². The molecule has 1 heterocycles. The first-order chi connectivity index (χ1) is 9.72. The van der Waals surface area contributed by atoms with Crippen molar-refractivity contribution in [3.63, 3.8) is 0 Å². The summed E-state index contributed by atoms with van der Waals surface area (Å²) in [6.45, 7) is 2.79. The van der Waals surface area contributed by atoms with Crippen molar-refractivity contribution in [2.24, 2.45) is 0 Å². The molecule has 20 heavy (non-hydrogen) atoms. The lowest BCUT2D eigenvalue weighted by Crippen LogP contribution is -2.21. The van der Waals surface area contributed by atoms with E-state index in [1.807, 2.05) is 37.3 Å². The normalized spacial score (nSPS) is 12.1. The van der Waals surface area contributed by atoms with E-state index in [0.717, 1.165) is 5.56 Å². The zero-order chi connectivity index (χ0) is 14.4. The second kappa shape index (κ2) is 6.91. The topological polar surface area (TPSA) is 51.5 Å². The van der Waals surface area contributed by atoms with Crippen LogP contribution < -0.4 is 10.3 Å². The largest absolute Gasteiger partial charge is 0.491 e. The zero-order valence-electron chi connectivity index (χ0n) is 11.5. The molecule has 1 aromatic carbocycles. The van der Waals surface area contributed by atoms with Crippen molar-refractivity contribution >= 4 is 0 Å². The summed E-state index contributed by atoms with van der Waals surface area (Å²) >= 11 is 0. The minimum Gasteiger partial charge on any atom is -0.491 e. The highest BCUT2D eigenvalue weighted by Crippen LogP contribution is 2.26. The molecule has 106 valence electrons. The standard InChI is InChI=1S/C16H19NO3/c1-2-14(18)13-7-3-4-8-15(13)20-12-11-17-10-6-5-9-16(17)19/h3-10,14,18H,2,11-12H2,1H3/t14-/m1/s1. The van der Waals surface area contributed by atoms with Crippen LogP contribution in [0.5, 0.6) is 5.75 Å². The Bertz CT molecular complexity index is 606. The van der Waals surface area contributed by atoms with Gasteiger partial charge in [0.05, 0.1) is 12.6 Å². The first-order valence-electron chi connectivity index (χ1n) is 6.77. The van der Waals surface area contributed by atoms with Crippen LogP contribution in [0.1, 0.15) is 25.0 Å². The van der Waals surface area contributed by atoms with Crippen LogP contribution in [0.4, 0.5) is 0 Å². The van der Waals surface area contributed by atoms with E-state index in [9.17, 15) is 9.90 Å². The molecule has 0 aliphatic carbocycles. The van der Waals surface area contributed by atoms with Gasteiger partial charge in [-0.15, -0.1) is 0 Å². The van der Waals surface area contributed by atoms with Gasteiger partial charge in [-0.2, -0.15) is 0 Å². The summed E-state index contributed by atoms with van der Waals surface area (Å²) in [5, 5.41) is 9.94. The van der Waals surface area contributed by atoms with Gasteiger partial charge in [0.25, 0.3) is 5.56 Å². The highest BCUT2D eigenvalue weighted by atomic mass is 16.5. The number of rotatable bonds is 6. The maximum absolute atomic E-state index is 11.6. The Kier molecular flexibility index (Phi) is 4.96. The Hall–Kier alpha value is -2.07. The summed E-state index contributed by atoms with van der Waals surface area (Å²) in [6.07, 6.45) is 1.85. The molecule has 0 unspecified atom stereocenters. The molecule has 0 radical (unpaired) electrons. The predicted molar refractivity (Wildman–Crippen MR) is 77.9 cm³/mol. The Morgan fingerprint density at radius 3 is 2.70 bits per heavy atom. The van der Waals surface area contributed by atoms with Crippen molar-refractivity contribution in [1.82, 2.24) is 4.57 Å². The second-order valence-corrected chi connectivity index (χ2v) is 4.54. The molecule has 0 spiro atoms. The average molecular weight is 273 g/mol. The van der Waals surface area contributed by atoms with Gasteiger partial charge in [-0.3, -0.25) is 4.79 Å². The number of pyridine rings is 1. The first-order valence-corrected chi connectivity index (χ1v) is 6.77. The van der Waals surface area contributed by atoms with Crippen LogP contribution in [0, 0.1) is 0 Å². The fourth-order valence-corrected chi connectivity index (χ4v) is 2.01. The Labute approximate surface area is 118 Å². The molecule has 2 aromatic rings. The fourth-order valence-electron chi connectivity index (χ4n) is 2.01. The lowest BCUT2D eigenvalue weighted by Gasteiger charge is -2.15. The Morgan fingerprint density at radius 2 is 1.95 bits per heavy atom. The molecule has 1 aromatic heterocycles. The van der Waals surface area contributed by atoms with Crippen LogP contribution in [0.3, 0.4) is 0 Å². The van der Waals surface area contributed by atoms with E-state index in [2.05, 4.69) is 0 Å². The lowest BCUT2D eigenvalue weighted by atomic mass is 10.1. The predicted octanol–water partition coefficient (Wildman–Crippen LogP) is 2.37. The molecule has 0 saturated heterocycles. The van der Waals surface area contributed by atoms with Crippen LogP contribution in [-0.2, 0) is 6.54 Å². The zero-order valence-corrected chi connectivity index (χ0v) is 11.5. The fraction of sp³-hybridized carbons (Fsp3) is 0.312. The van der Waals surface area contributed by atoms with Crippen molar-refractivity contribution in [2.45, 2.75) is 26.0 Å². The third kappa shape index (κ3) is 3.48. The molecule has 0 saturated carbocycles. The smallest absolute Gasteiger partial charge is 0.250 e. The van der Waals surface area contributed by atoms with Gasteiger partial charge in [0, 0.05) is 17.8 Å². The number of aliphatic hydroxyl groups excluding tert-OH is 1. The summed E-state index contributed by atoms with van der Waals surface area (Å²) in [5.74, 6) is 0.672. The molecule has 4 heteroatoms. The van der Waals surface area contributed by atoms with Crippen molar-refractivity contribution in [3.8, 4) is 5.75 Å².